The van der Waals surface area contributed by atoms with Crippen LogP contribution in [-0.4, -0.2) is 9.13 Å². The van der Waals surface area contributed by atoms with Crippen molar-refractivity contribution >= 4 is 55.0 Å². The second-order valence-electron chi connectivity index (χ2n) is 23.0. The minimum atomic E-state index is -4.65. The molecule has 0 fully saturated rings. The lowest BCUT2D eigenvalue weighted by Crippen LogP contribution is -2.04. The lowest BCUT2D eigenvalue weighted by molar-refractivity contribution is -0.137. The van der Waals surface area contributed by atoms with Gasteiger partial charge >= 0.3 is 6.18 Å². The second kappa shape index (κ2) is 20.3. The molecule has 0 amide bonds. The Bertz CT molecular complexity index is 4710. The summed E-state index contributed by atoms with van der Waals surface area (Å²) in [6.07, 6.45) is -4.65. The first-order chi connectivity index (χ1) is 40.4. The monoisotopic (exact) mass is 1090 g/mol. The van der Waals surface area contributed by atoms with Gasteiger partial charge in [-0.15, -0.1) is 0 Å². The van der Waals surface area contributed by atoms with Crippen molar-refractivity contribution in [1.29, 1.82) is 0 Å². The fourth-order valence-electron chi connectivity index (χ4n) is 13.1. The van der Waals surface area contributed by atoms with Crippen LogP contribution in [0, 0.1) is 68.5 Å². The molecule has 11 aromatic carbocycles. The van der Waals surface area contributed by atoms with Gasteiger partial charge in [0.05, 0.1) is 40.9 Å². The van der Waals surface area contributed by atoms with Gasteiger partial charge in [-0.1, -0.05) is 172 Å². The summed E-state index contributed by atoms with van der Waals surface area (Å²) in [6.45, 7) is 34.2. The van der Waals surface area contributed by atoms with Crippen LogP contribution in [0.1, 0.15) is 50.1 Å². The minimum Gasteiger partial charge on any atom is -0.310 e. The summed E-state index contributed by atoms with van der Waals surface area (Å²) in [5.74, 6) is 0. The molecule has 7 heteroatoms. The van der Waals surface area contributed by atoms with E-state index in [4.69, 9.17) is 13.1 Å². The van der Waals surface area contributed by atoms with Gasteiger partial charge in [0.15, 0.2) is 11.4 Å². The van der Waals surface area contributed by atoms with E-state index in [0.29, 0.717) is 27.9 Å². The summed E-state index contributed by atoms with van der Waals surface area (Å²) >= 11 is 0. The SMILES string of the molecule is [C-]#[N+]c1cc(C(F)(F)F)ccc1-c1ccc(-n2c3ccc(-c4cc(C)cc(C)c4)cc3c3cc(-c4cc(C)cc(C)c4)ccc32)c(-c2c([N+]#[C-])cccc2-n2c3ccc(-c4cc(C)cc(C)c4)cc3c3cc(-c4cc(C)cc(C)c4)ccc32)c1. The largest absolute Gasteiger partial charge is 0.415 e. The molecule has 13 rings (SSSR count). The van der Waals surface area contributed by atoms with E-state index in [9.17, 15) is 13.2 Å². The number of benzene rings is 11. The Labute approximate surface area is 487 Å². The molecule has 0 saturated heterocycles. The predicted molar refractivity (Wildman–Crippen MR) is 343 cm³/mol. The van der Waals surface area contributed by atoms with E-state index < -0.39 is 11.7 Å². The number of rotatable bonds is 8. The molecule has 0 unspecified atom stereocenters. The Hall–Kier alpha value is -10.2. The van der Waals surface area contributed by atoms with Gasteiger partial charge in [0.2, 0.25) is 0 Å². The molecule has 4 nitrogen and oxygen atoms in total. The van der Waals surface area contributed by atoms with Crippen molar-refractivity contribution in [2.75, 3.05) is 0 Å². The Morgan fingerprint density at radius 3 is 1.02 bits per heavy atom. The predicted octanol–water partition coefficient (Wildman–Crippen LogP) is 22.5. The van der Waals surface area contributed by atoms with Gasteiger partial charge < -0.3 is 9.13 Å². The van der Waals surface area contributed by atoms with Crippen molar-refractivity contribution in [2.45, 2.75) is 61.6 Å². The van der Waals surface area contributed by atoms with E-state index >= 15 is 0 Å². The lowest BCUT2D eigenvalue weighted by Gasteiger charge is -2.21. The zero-order valence-corrected chi connectivity index (χ0v) is 48.0. The smallest absolute Gasteiger partial charge is 0.310 e. The topological polar surface area (TPSA) is 18.6 Å². The summed E-state index contributed by atoms with van der Waals surface area (Å²) in [5.41, 5.74) is 24.9. The molecule has 0 bridgehead atoms. The Morgan fingerprint density at radius 1 is 0.310 bits per heavy atom. The average molecular weight is 1100 g/mol. The molecule has 13 aromatic rings. The van der Waals surface area contributed by atoms with Crippen molar-refractivity contribution in [3.05, 3.63) is 273 Å². The third kappa shape index (κ3) is 9.38. The van der Waals surface area contributed by atoms with Crippen LogP contribution in [0.2, 0.25) is 0 Å². The third-order valence-electron chi connectivity index (χ3n) is 16.4. The summed E-state index contributed by atoms with van der Waals surface area (Å²) in [4.78, 5) is 8.01. The van der Waals surface area contributed by atoms with E-state index in [-0.39, 0.29) is 5.69 Å². The maximum absolute atomic E-state index is 14.3. The molecule has 0 saturated carbocycles. The summed E-state index contributed by atoms with van der Waals surface area (Å²) in [7, 11) is 0. The van der Waals surface area contributed by atoms with Crippen LogP contribution in [-0.2, 0) is 6.18 Å². The molecule has 2 heterocycles. The highest BCUT2D eigenvalue weighted by Crippen LogP contribution is 2.49. The molecular weight excluding hydrogens is 1040 g/mol. The molecule has 84 heavy (non-hydrogen) atoms. The fourth-order valence-corrected chi connectivity index (χ4v) is 13.1. The molecule has 0 spiro atoms. The van der Waals surface area contributed by atoms with Gasteiger partial charge in [0, 0.05) is 38.4 Å². The van der Waals surface area contributed by atoms with Crippen LogP contribution in [0.5, 0.6) is 0 Å². The maximum Gasteiger partial charge on any atom is 0.415 e. The highest BCUT2D eigenvalue weighted by molar-refractivity contribution is 6.15. The van der Waals surface area contributed by atoms with Crippen molar-refractivity contribution in [3.63, 3.8) is 0 Å². The van der Waals surface area contributed by atoms with Crippen LogP contribution in [0.15, 0.2) is 200 Å². The van der Waals surface area contributed by atoms with Gasteiger partial charge in [-0.2, -0.15) is 13.2 Å². The first-order valence-corrected chi connectivity index (χ1v) is 28.2. The van der Waals surface area contributed by atoms with Crippen molar-refractivity contribution in [2.24, 2.45) is 0 Å². The van der Waals surface area contributed by atoms with E-state index in [1.54, 1.807) is 0 Å². The molecule has 0 atom stereocenters. The summed E-state index contributed by atoms with van der Waals surface area (Å²) in [5, 5.41) is 4.13. The van der Waals surface area contributed by atoms with Gasteiger partial charge in [0.25, 0.3) is 0 Å². The van der Waals surface area contributed by atoms with E-state index in [2.05, 4.69) is 226 Å². The second-order valence-corrected chi connectivity index (χ2v) is 23.0. The number of nitrogens with zero attached hydrogens (tertiary/aromatic N) is 4. The first kappa shape index (κ1) is 53.1. The Balaban J connectivity index is 1.13. The molecule has 0 N–H and O–H groups in total. The van der Waals surface area contributed by atoms with Crippen molar-refractivity contribution in [3.8, 4) is 78.1 Å². The number of aryl methyl sites for hydroxylation is 8. The van der Waals surface area contributed by atoms with Crippen LogP contribution in [0.3, 0.4) is 0 Å². The molecule has 0 aliphatic carbocycles. The minimum absolute atomic E-state index is 0.126. The third-order valence-corrected chi connectivity index (χ3v) is 16.4. The fraction of sp³-hybridized carbons (Fsp3) is 0.117. The zero-order valence-electron chi connectivity index (χ0n) is 48.0. The Kier molecular flexibility index (Phi) is 12.9. The van der Waals surface area contributed by atoms with Crippen LogP contribution in [0.25, 0.3) is 131 Å². The van der Waals surface area contributed by atoms with Gasteiger partial charge in [-0.25, -0.2) is 9.69 Å². The molecule has 0 radical (unpaired) electrons. The van der Waals surface area contributed by atoms with Crippen molar-refractivity contribution in [1.82, 2.24) is 9.13 Å². The van der Waals surface area contributed by atoms with Gasteiger partial charge in [-0.3, -0.25) is 0 Å². The maximum atomic E-state index is 14.3. The number of halogens is 3. The molecule has 0 aliphatic heterocycles. The molecule has 2 aromatic heterocycles. The van der Waals surface area contributed by atoms with E-state index in [1.165, 1.54) is 50.6 Å². The average Bonchev–Trinajstić information content (AvgIpc) is 2.20. The van der Waals surface area contributed by atoms with Crippen molar-refractivity contribution < 1.29 is 13.2 Å². The number of fused-ring (bicyclic) bond motifs is 6. The standard InChI is InChI=1S/C77H57F3N4/c1-44-26-45(2)31-57(30-44)52-14-21-70-63(38-52)64-39-53(58-32-46(3)27-47(4)33-58)15-22-71(64)83(70)74-25-18-56(62-20-19-61(77(78,79)80)43-69(62)82-10)42-67(74)76-68(81-9)12-11-13-75(76)84-72-23-16-54(59-34-48(5)28-49(6)35-59)40-65(72)66-41-55(17-24-73(66)84)60-36-50(7)29-51(8)37-60/h11-43H,1-8H3. The molecular formula is C77H57F3N4. The highest BCUT2D eigenvalue weighted by Gasteiger charge is 2.32. The number of hydrogen-bond donors (Lipinski definition) is 0. The lowest BCUT2D eigenvalue weighted by atomic mass is 9.93. The van der Waals surface area contributed by atoms with Gasteiger partial charge in [-0.05, 0) is 189 Å². The zero-order chi connectivity index (χ0) is 58.5. The molecule has 406 valence electrons. The summed E-state index contributed by atoms with van der Waals surface area (Å²) in [6, 6.07) is 68.1. The number of aromatic nitrogens is 2. The van der Waals surface area contributed by atoms with Crippen LogP contribution >= 0.6 is 0 Å². The van der Waals surface area contributed by atoms with Crippen LogP contribution < -0.4 is 0 Å². The molecule has 0 aliphatic rings. The normalized spacial score (nSPS) is 11.7. The number of alkyl halides is 3. The van der Waals surface area contributed by atoms with E-state index in [0.717, 1.165) is 112 Å². The first-order valence-electron chi connectivity index (χ1n) is 28.2. The summed E-state index contributed by atoms with van der Waals surface area (Å²) < 4.78 is 47.5. The van der Waals surface area contributed by atoms with Gasteiger partial charge in [0.1, 0.15) is 0 Å². The van der Waals surface area contributed by atoms with E-state index in [1.807, 2.05) is 30.3 Å². The van der Waals surface area contributed by atoms with Crippen LogP contribution in [0.4, 0.5) is 24.5 Å². The number of hydrogen-bond acceptors (Lipinski definition) is 0. The highest BCUT2D eigenvalue weighted by atomic mass is 19.4. The Morgan fingerprint density at radius 2 is 0.667 bits per heavy atom. The quantitative estimate of drug-likeness (QED) is 0.135.